The van der Waals surface area contributed by atoms with E-state index in [-0.39, 0.29) is 6.04 Å². The molecule has 0 radical (unpaired) electrons. The van der Waals surface area contributed by atoms with E-state index in [9.17, 15) is 0 Å². The number of hydrogen-bond donors (Lipinski definition) is 2. The van der Waals surface area contributed by atoms with Gasteiger partial charge < -0.3 is 10.3 Å². The quantitative estimate of drug-likeness (QED) is 0.512. The third-order valence-corrected chi connectivity index (χ3v) is 5.39. The fraction of sp³-hybridized carbons (Fsp3) is 0.0588. The van der Waals surface area contributed by atoms with Crippen molar-refractivity contribution in [2.45, 2.75) is 6.04 Å². The average Bonchev–Trinajstić information content (AvgIpc) is 3.24. The van der Waals surface area contributed by atoms with Gasteiger partial charge in [0.25, 0.3) is 0 Å². The molecule has 4 rings (SSSR count). The van der Waals surface area contributed by atoms with Gasteiger partial charge in [-0.05, 0) is 47.2 Å². The van der Waals surface area contributed by atoms with Gasteiger partial charge in [0, 0.05) is 32.5 Å². The van der Waals surface area contributed by atoms with Crippen LogP contribution in [0.3, 0.4) is 0 Å². The fourth-order valence-electron chi connectivity index (χ4n) is 2.50. The summed E-state index contributed by atoms with van der Waals surface area (Å²) >= 11 is 3.58. The van der Waals surface area contributed by atoms with Gasteiger partial charge in [-0.25, -0.2) is 0 Å². The van der Waals surface area contributed by atoms with Crippen LogP contribution in [-0.2, 0) is 0 Å². The molecule has 0 bridgehead atoms. The second-order valence-corrected chi connectivity index (χ2v) is 6.85. The number of fused-ring (bicyclic) bond motifs is 1. The third kappa shape index (κ3) is 2.48. The Morgan fingerprint density at radius 3 is 2.33 bits per heavy atom. The fourth-order valence-corrected chi connectivity index (χ4v) is 4.16. The lowest BCUT2D eigenvalue weighted by Gasteiger charge is -2.17. The number of rotatable bonds is 4. The molecule has 4 aromatic rings. The van der Waals surface area contributed by atoms with E-state index < -0.39 is 0 Å². The van der Waals surface area contributed by atoms with Crippen LogP contribution in [0, 0.1) is 0 Å². The number of anilines is 1. The summed E-state index contributed by atoms with van der Waals surface area (Å²) in [6.45, 7) is 0. The topological polar surface area (TPSA) is 27.8 Å². The number of H-pyrrole nitrogens is 1. The van der Waals surface area contributed by atoms with Crippen molar-refractivity contribution in [3.05, 3.63) is 75.2 Å². The van der Waals surface area contributed by atoms with E-state index in [2.05, 4.69) is 69.6 Å². The Hall–Kier alpha value is -2.04. The first-order valence-electron chi connectivity index (χ1n) is 6.81. The van der Waals surface area contributed by atoms with Crippen molar-refractivity contribution in [1.82, 2.24) is 4.98 Å². The third-order valence-electron chi connectivity index (χ3n) is 3.52. The van der Waals surface area contributed by atoms with Crippen LogP contribution >= 0.6 is 22.7 Å². The number of aromatic nitrogens is 1. The van der Waals surface area contributed by atoms with Gasteiger partial charge >= 0.3 is 0 Å². The Bertz CT molecular complexity index is 795. The molecule has 0 atom stereocenters. The molecule has 21 heavy (non-hydrogen) atoms. The van der Waals surface area contributed by atoms with Crippen molar-refractivity contribution in [3.8, 4) is 0 Å². The van der Waals surface area contributed by atoms with Gasteiger partial charge in [0.05, 0.1) is 6.04 Å². The Morgan fingerprint density at radius 1 is 0.905 bits per heavy atom. The second kappa shape index (κ2) is 5.39. The molecule has 0 fully saturated rings. The molecular weight excluding hydrogens is 296 g/mol. The van der Waals surface area contributed by atoms with E-state index in [0.29, 0.717) is 0 Å². The highest BCUT2D eigenvalue weighted by Crippen LogP contribution is 2.33. The van der Waals surface area contributed by atoms with E-state index in [1.54, 1.807) is 22.7 Å². The highest BCUT2D eigenvalue weighted by Gasteiger charge is 2.16. The van der Waals surface area contributed by atoms with Gasteiger partial charge in [0.1, 0.15) is 0 Å². The molecule has 0 unspecified atom stereocenters. The van der Waals surface area contributed by atoms with Crippen LogP contribution in [0.5, 0.6) is 0 Å². The predicted octanol–water partition coefficient (Wildman–Crippen LogP) is 5.49. The zero-order valence-corrected chi connectivity index (χ0v) is 12.9. The molecule has 2 nitrogen and oxygen atoms in total. The molecule has 3 aromatic heterocycles. The first-order chi connectivity index (χ1) is 10.4. The predicted molar refractivity (Wildman–Crippen MR) is 92.4 cm³/mol. The van der Waals surface area contributed by atoms with E-state index in [4.69, 9.17) is 0 Å². The maximum Gasteiger partial charge on any atom is 0.0953 e. The first-order valence-corrected chi connectivity index (χ1v) is 8.56. The lowest BCUT2D eigenvalue weighted by Crippen LogP contribution is -2.09. The van der Waals surface area contributed by atoms with Gasteiger partial charge in [0.2, 0.25) is 0 Å². The Labute approximate surface area is 131 Å². The minimum Gasteiger partial charge on any atom is -0.373 e. The van der Waals surface area contributed by atoms with Crippen molar-refractivity contribution in [2.75, 3.05) is 5.32 Å². The van der Waals surface area contributed by atoms with Gasteiger partial charge in [-0.15, -0.1) is 22.7 Å². The van der Waals surface area contributed by atoms with Gasteiger partial charge in [-0.2, -0.15) is 0 Å². The zero-order valence-electron chi connectivity index (χ0n) is 11.2. The van der Waals surface area contributed by atoms with Crippen molar-refractivity contribution in [3.63, 3.8) is 0 Å². The van der Waals surface area contributed by atoms with Gasteiger partial charge in [-0.3, -0.25) is 0 Å². The summed E-state index contributed by atoms with van der Waals surface area (Å²) in [4.78, 5) is 5.91. The second-order valence-electron chi connectivity index (χ2n) is 4.89. The zero-order chi connectivity index (χ0) is 14.1. The lowest BCUT2D eigenvalue weighted by molar-refractivity contribution is 0.994. The molecule has 4 heteroatoms. The summed E-state index contributed by atoms with van der Waals surface area (Å²) in [6.07, 6.45) is 1.98. The molecule has 3 heterocycles. The van der Waals surface area contributed by atoms with Crippen molar-refractivity contribution >= 4 is 39.3 Å². The SMILES string of the molecule is c1csc(C(Nc2ccc3[nH]ccc3c2)c2cccs2)c1. The van der Waals surface area contributed by atoms with Crippen molar-refractivity contribution < 1.29 is 0 Å². The average molecular weight is 310 g/mol. The van der Waals surface area contributed by atoms with Crippen LogP contribution in [0.2, 0.25) is 0 Å². The van der Waals surface area contributed by atoms with E-state index >= 15 is 0 Å². The van der Waals surface area contributed by atoms with Crippen LogP contribution in [0.15, 0.2) is 65.5 Å². The summed E-state index contributed by atoms with van der Waals surface area (Å²) < 4.78 is 0. The van der Waals surface area contributed by atoms with E-state index in [0.717, 1.165) is 5.69 Å². The summed E-state index contributed by atoms with van der Waals surface area (Å²) in [5.41, 5.74) is 2.32. The molecule has 104 valence electrons. The molecule has 0 aliphatic heterocycles. The number of nitrogens with one attached hydrogen (secondary N) is 2. The first kappa shape index (κ1) is 12.7. The molecule has 0 aliphatic carbocycles. The van der Waals surface area contributed by atoms with Gasteiger partial charge in [-0.1, -0.05) is 12.1 Å². The molecule has 0 saturated heterocycles. The van der Waals surface area contributed by atoms with E-state index in [1.807, 2.05) is 6.20 Å². The van der Waals surface area contributed by atoms with E-state index in [1.165, 1.54) is 20.7 Å². The normalized spacial score (nSPS) is 11.3. The highest BCUT2D eigenvalue weighted by atomic mass is 32.1. The smallest absolute Gasteiger partial charge is 0.0953 e. The van der Waals surface area contributed by atoms with Crippen LogP contribution in [0.4, 0.5) is 5.69 Å². The van der Waals surface area contributed by atoms with Crippen molar-refractivity contribution in [1.29, 1.82) is 0 Å². The minimum atomic E-state index is 0.224. The number of aromatic amines is 1. The Morgan fingerprint density at radius 2 is 1.67 bits per heavy atom. The molecule has 1 aromatic carbocycles. The molecule has 0 spiro atoms. The monoisotopic (exact) mass is 310 g/mol. The minimum absolute atomic E-state index is 0.224. The molecular formula is C17H14N2S2. The van der Waals surface area contributed by atoms with Gasteiger partial charge in [0.15, 0.2) is 0 Å². The van der Waals surface area contributed by atoms with Crippen molar-refractivity contribution in [2.24, 2.45) is 0 Å². The number of hydrogen-bond acceptors (Lipinski definition) is 3. The van der Waals surface area contributed by atoms with Crippen LogP contribution in [0.1, 0.15) is 15.8 Å². The van der Waals surface area contributed by atoms with Crippen LogP contribution in [-0.4, -0.2) is 4.98 Å². The summed E-state index contributed by atoms with van der Waals surface area (Å²) in [6, 6.07) is 17.4. The summed E-state index contributed by atoms with van der Waals surface area (Å²) in [7, 11) is 0. The molecule has 2 N–H and O–H groups in total. The molecule has 0 aliphatic rings. The van der Waals surface area contributed by atoms with Crippen LogP contribution < -0.4 is 5.32 Å². The number of benzene rings is 1. The highest BCUT2D eigenvalue weighted by molar-refractivity contribution is 7.11. The standard InChI is InChI=1S/C17H14N2S2/c1-3-15(20-9-1)17(16-4-2-10-21-16)19-13-5-6-14-12(11-13)7-8-18-14/h1-11,17-19H. The number of thiophene rings is 2. The summed E-state index contributed by atoms with van der Waals surface area (Å²) in [5.74, 6) is 0. The Balaban J connectivity index is 1.71. The van der Waals surface area contributed by atoms with Crippen LogP contribution in [0.25, 0.3) is 10.9 Å². The lowest BCUT2D eigenvalue weighted by atomic mass is 10.1. The molecule has 0 saturated carbocycles. The summed E-state index contributed by atoms with van der Waals surface area (Å²) in [5, 5.41) is 9.17. The maximum absolute atomic E-state index is 3.67. The largest absolute Gasteiger partial charge is 0.373 e. The maximum atomic E-state index is 3.67. The Kier molecular flexibility index (Phi) is 3.25. The molecule has 0 amide bonds.